The van der Waals surface area contributed by atoms with Crippen molar-refractivity contribution in [2.75, 3.05) is 5.32 Å². The summed E-state index contributed by atoms with van der Waals surface area (Å²) in [7, 11) is 0. The Kier molecular flexibility index (Phi) is 6.07. The van der Waals surface area contributed by atoms with Gasteiger partial charge in [0.1, 0.15) is 17.7 Å². The highest BCUT2D eigenvalue weighted by molar-refractivity contribution is 6.04. The maximum absolute atomic E-state index is 13.6. The highest BCUT2D eigenvalue weighted by Crippen LogP contribution is 2.27. The molecule has 1 fully saturated rings. The zero-order chi connectivity index (χ0) is 21.0. The third kappa shape index (κ3) is 5.07. The van der Waals surface area contributed by atoms with Gasteiger partial charge in [0.15, 0.2) is 5.88 Å². The van der Waals surface area contributed by atoms with Crippen LogP contribution in [0.1, 0.15) is 41.3 Å². The molecule has 3 rings (SSSR count). The Morgan fingerprint density at radius 3 is 2.72 bits per heavy atom. The van der Waals surface area contributed by atoms with Gasteiger partial charge in [-0.2, -0.15) is 0 Å². The fraction of sp³-hybridized carbons (Fsp3) is 0.227. The molecule has 2 heterocycles. The van der Waals surface area contributed by atoms with Gasteiger partial charge in [0, 0.05) is 29.6 Å². The van der Waals surface area contributed by atoms with Crippen LogP contribution >= 0.6 is 0 Å². The van der Waals surface area contributed by atoms with Gasteiger partial charge in [0.25, 0.3) is 5.91 Å². The van der Waals surface area contributed by atoms with E-state index in [0.29, 0.717) is 11.7 Å². The van der Waals surface area contributed by atoms with Crippen molar-refractivity contribution in [3.63, 3.8) is 0 Å². The molecule has 1 saturated carbocycles. The number of halogens is 1. The number of carbonyl (C=O) groups excluding carboxylic acids is 1. The van der Waals surface area contributed by atoms with Gasteiger partial charge in [-0.3, -0.25) is 9.78 Å². The van der Waals surface area contributed by atoms with Gasteiger partial charge in [0.05, 0.1) is 11.8 Å². The second kappa shape index (κ2) is 8.68. The second-order valence-electron chi connectivity index (χ2n) is 6.84. The third-order valence-corrected chi connectivity index (χ3v) is 4.56. The fourth-order valence-electron chi connectivity index (χ4n) is 2.63. The zero-order valence-corrected chi connectivity index (χ0v) is 16.4. The van der Waals surface area contributed by atoms with E-state index in [1.807, 2.05) is 13.0 Å². The lowest BCUT2D eigenvalue weighted by molar-refractivity contribution is 0.102. The number of pyridine rings is 2. The van der Waals surface area contributed by atoms with Crippen LogP contribution in [0, 0.1) is 12.7 Å². The Morgan fingerprint density at radius 1 is 1.34 bits per heavy atom. The number of carbonyl (C=O) groups is 1. The SMILES string of the molecule is C=C/C(C)=C(\C=C(/N)OC1CC1)c1ccc(NC(=O)c2cncc(F)c2C)nc1. The number of ether oxygens (including phenoxy) is 1. The van der Waals surface area contributed by atoms with E-state index >= 15 is 0 Å². The molecule has 150 valence electrons. The number of rotatable bonds is 7. The largest absolute Gasteiger partial charge is 0.476 e. The Morgan fingerprint density at radius 2 is 2.10 bits per heavy atom. The minimum absolute atomic E-state index is 0.159. The van der Waals surface area contributed by atoms with Gasteiger partial charge in [-0.1, -0.05) is 12.7 Å². The van der Waals surface area contributed by atoms with Gasteiger partial charge in [-0.15, -0.1) is 0 Å². The Hall–Kier alpha value is -3.48. The maximum Gasteiger partial charge on any atom is 0.258 e. The number of anilines is 1. The Bertz CT molecular complexity index is 992. The van der Waals surface area contributed by atoms with Gasteiger partial charge in [0.2, 0.25) is 0 Å². The van der Waals surface area contributed by atoms with E-state index in [0.717, 1.165) is 35.7 Å². The van der Waals surface area contributed by atoms with E-state index in [1.165, 1.54) is 13.1 Å². The topological polar surface area (TPSA) is 90.1 Å². The molecule has 2 aromatic rings. The summed E-state index contributed by atoms with van der Waals surface area (Å²) in [6.07, 6.45) is 9.74. The average Bonchev–Trinajstić information content (AvgIpc) is 3.52. The van der Waals surface area contributed by atoms with Crippen molar-refractivity contribution in [1.82, 2.24) is 9.97 Å². The van der Waals surface area contributed by atoms with Crippen LogP contribution in [0.15, 0.2) is 60.9 Å². The molecule has 7 heteroatoms. The number of aromatic nitrogens is 2. The van der Waals surface area contributed by atoms with Crippen LogP contribution in [0.4, 0.5) is 10.2 Å². The highest BCUT2D eigenvalue weighted by atomic mass is 19.1. The van der Waals surface area contributed by atoms with Crippen LogP contribution in [-0.4, -0.2) is 22.0 Å². The molecule has 0 spiro atoms. The van der Waals surface area contributed by atoms with Crippen molar-refractivity contribution < 1.29 is 13.9 Å². The van der Waals surface area contributed by atoms with Gasteiger partial charge < -0.3 is 15.8 Å². The van der Waals surface area contributed by atoms with Crippen molar-refractivity contribution in [1.29, 1.82) is 0 Å². The standard InChI is InChI=1S/C22H23FN4O2/c1-4-13(2)17(9-20(24)29-16-6-7-16)15-5-8-21(26-10-15)27-22(28)18-11-25-12-19(23)14(18)3/h4-5,8-12,16H,1,6-7,24H2,2-3H3,(H,26,27,28)/b17-13+,20-9+. The molecule has 29 heavy (non-hydrogen) atoms. The number of allylic oxidation sites excluding steroid dienone is 4. The van der Waals surface area contributed by atoms with E-state index < -0.39 is 11.7 Å². The summed E-state index contributed by atoms with van der Waals surface area (Å²) in [5.74, 6) is -0.331. The molecular weight excluding hydrogens is 371 g/mol. The lowest BCUT2D eigenvalue weighted by atomic mass is 10.0. The molecule has 1 aliphatic carbocycles. The third-order valence-electron chi connectivity index (χ3n) is 4.56. The molecule has 1 amide bonds. The molecule has 0 atom stereocenters. The summed E-state index contributed by atoms with van der Waals surface area (Å²) in [5, 5.41) is 2.65. The molecule has 0 unspecified atom stereocenters. The van der Waals surface area contributed by atoms with E-state index in [-0.39, 0.29) is 17.2 Å². The summed E-state index contributed by atoms with van der Waals surface area (Å²) in [4.78, 5) is 20.4. The summed E-state index contributed by atoms with van der Waals surface area (Å²) in [6, 6.07) is 3.47. The van der Waals surface area contributed by atoms with E-state index in [1.54, 1.807) is 24.4 Å². The quantitative estimate of drug-likeness (QED) is 0.545. The van der Waals surface area contributed by atoms with E-state index in [9.17, 15) is 9.18 Å². The first-order chi connectivity index (χ1) is 13.9. The van der Waals surface area contributed by atoms with Crippen LogP contribution < -0.4 is 11.1 Å². The molecule has 6 nitrogen and oxygen atoms in total. The number of nitrogens with zero attached hydrogens (tertiary/aromatic N) is 2. The van der Waals surface area contributed by atoms with Crippen molar-refractivity contribution in [3.8, 4) is 0 Å². The summed E-state index contributed by atoms with van der Waals surface area (Å²) >= 11 is 0. The highest BCUT2D eigenvalue weighted by Gasteiger charge is 2.23. The van der Waals surface area contributed by atoms with Gasteiger partial charge >= 0.3 is 0 Å². The van der Waals surface area contributed by atoms with Crippen molar-refractivity contribution in [2.24, 2.45) is 5.73 Å². The molecule has 3 N–H and O–H groups in total. The summed E-state index contributed by atoms with van der Waals surface area (Å²) < 4.78 is 19.2. The summed E-state index contributed by atoms with van der Waals surface area (Å²) in [6.45, 7) is 7.25. The molecule has 1 aliphatic rings. The molecule has 0 aromatic carbocycles. The Balaban J connectivity index is 1.79. The second-order valence-corrected chi connectivity index (χ2v) is 6.84. The molecule has 0 saturated heterocycles. The smallest absolute Gasteiger partial charge is 0.258 e. The van der Waals surface area contributed by atoms with E-state index in [2.05, 4.69) is 21.9 Å². The minimum atomic E-state index is -0.534. The maximum atomic E-state index is 13.6. The molecule has 0 radical (unpaired) electrons. The van der Waals surface area contributed by atoms with Crippen molar-refractivity contribution >= 4 is 17.3 Å². The van der Waals surface area contributed by atoms with Crippen molar-refractivity contribution in [3.05, 3.63) is 83.4 Å². The van der Waals surface area contributed by atoms with Crippen molar-refractivity contribution in [2.45, 2.75) is 32.8 Å². The van der Waals surface area contributed by atoms with Crippen LogP contribution in [0.3, 0.4) is 0 Å². The zero-order valence-electron chi connectivity index (χ0n) is 16.4. The lowest BCUT2D eigenvalue weighted by Crippen LogP contribution is -2.15. The monoisotopic (exact) mass is 394 g/mol. The number of hydrogen-bond acceptors (Lipinski definition) is 5. The predicted octanol–water partition coefficient (Wildman–Crippen LogP) is 4.12. The first-order valence-corrected chi connectivity index (χ1v) is 9.24. The van der Waals surface area contributed by atoms with Crippen LogP contribution in [0.2, 0.25) is 0 Å². The normalized spacial score (nSPS) is 14.8. The summed E-state index contributed by atoms with van der Waals surface area (Å²) in [5.41, 5.74) is 8.92. The first kappa shape index (κ1) is 20.3. The number of hydrogen-bond donors (Lipinski definition) is 2. The molecule has 0 bridgehead atoms. The molecule has 0 aliphatic heterocycles. The number of nitrogens with one attached hydrogen (secondary N) is 1. The van der Waals surface area contributed by atoms with Crippen LogP contribution in [-0.2, 0) is 4.74 Å². The fourth-order valence-corrected chi connectivity index (χ4v) is 2.63. The minimum Gasteiger partial charge on any atom is -0.476 e. The number of nitrogens with two attached hydrogens (primary N) is 1. The Labute approximate surface area is 169 Å². The van der Waals surface area contributed by atoms with Crippen LogP contribution in [0.5, 0.6) is 0 Å². The average molecular weight is 394 g/mol. The first-order valence-electron chi connectivity index (χ1n) is 9.24. The molecule has 2 aromatic heterocycles. The van der Waals surface area contributed by atoms with Crippen LogP contribution in [0.25, 0.3) is 5.57 Å². The number of amides is 1. The van der Waals surface area contributed by atoms with E-state index in [4.69, 9.17) is 10.5 Å². The molecular formula is C22H23FN4O2. The van der Waals surface area contributed by atoms with Gasteiger partial charge in [-0.25, -0.2) is 9.37 Å². The van der Waals surface area contributed by atoms with Gasteiger partial charge in [-0.05, 0) is 50.0 Å². The predicted molar refractivity (Wildman–Crippen MR) is 110 cm³/mol. The lowest BCUT2D eigenvalue weighted by Gasteiger charge is -2.11.